The molecular formula is C20H22FN3O2. The summed E-state index contributed by atoms with van der Waals surface area (Å²) in [5.74, 6) is -0.0819. The number of nitrogens with zero attached hydrogens (tertiary/aromatic N) is 2. The number of carbonyl (C=O) groups excluding carboxylic acids is 1. The summed E-state index contributed by atoms with van der Waals surface area (Å²) in [5, 5.41) is 3.98. The Balaban J connectivity index is 1.67. The Hall–Kier alpha value is -2.89. The van der Waals surface area contributed by atoms with Crippen LogP contribution in [0, 0.1) is 5.82 Å². The summed E-state index contributed by atoms with van der Waals surface area (Å²) in [6.07, 6.45) is 5.24. The minimum Gasteiger partial charge on any atom is -0.496 e. The van der Waals surface area contributed by atoms with Crippen molar-refractivity contribution < 1.29 is 13.9 Å². The van der Waals surface area contributed by atoms with Crippen molar-refractivity contribution in [1.82, 2.24) is 5.43 Å². The van der Waals surface area contributed by atoms with Crippen molar-refractivity contribution in [2.45, 2.75) is 19.3 Å². The minimum atomic E-state index is -0.398. The SMILES string of the molecule is COc1cc(N2CCCCC2)ccc1/C=N\NC(=O)c1ccc(F)cc1. The van der Waals surface area contributed by atoms with E-state index in [4.69, 9.17) is 4.74 Å². The van der Waals surface area contributed by atoms with Crippen LogP contribution in [0.25, 0.3) is 0 Å². The molecule has 3 rings (SSSR count). The first-order valence-electron chi connectivity index (χ1n) is 8.69. The molecule has 0 spiro atoms. The van der Waals surface area contributed by atoms with Gasteiger partial charge in [0.25, 0.3) is 5.91 Å². The quantitative estimate of drug-likeness (QED) is 0.659. The molecule has 26 heavy (non-hydrogen) atoms. The molecule has 0 unspecified atom stereocenters. The van der Waals surface area contributed by atoms with Gasteiger partial charge < -0.3 is 9.64 Å². The molecule has 1 saturated heterocycles. The number of ether oxygens (including phenoxy) is 1. The van der Waals surface area contributed by atoms with Gasteiger partial charge in [-0.15, -0.1) is 0 Å². The first-order chi connectivity index (χ1) is 12.7. The van der Waals surface area contributed by atoms with E-state index < -0.39 is 5.91 Å². The van der Waals surface area contributed by atoms with Gasteiger partial charge in [0.1, 0.15) is 11.6 Å². The van der Waals surface area contributed by atoms with E-state index in [0.717, 1.165) is 24.3 Å². The standard InChI is InChI=1S/C20H22FN3O2/c1-26-19-13-18(24-11-3-2-4-12-24)10-7-16(19)14-22-23-20(25)15-5-8-17(21)9-6-15/h5-10,13-14H,2-4,11-12H2,1H3,(H,23,25)/b22-14-. The summed E-state index contributed by atoms with van der Waals surface area (Å²) in [7, 11) is 1.61. The fourth-order valence-electron chi connectivity index (χ4n) is 2.98. The van der Waals surface area contributed by atoms with Gasteiger partial charge >= 0.3 is 0 Å². The number of piperidine rings is 1. The van der Waals surface area contributed by atoms with E-state index in [2.05, 4.69) is 15.4 Å². The lowest BCUT2D eigenvalue weighted by Crippen LogP contribution is -2.29. The molecule has 1 fully saturated rings. The van der Waals surface area contributed by atoms with Gasteiger partial charge in [-0.3, -0.25) is 4.79 Å². The molecule has 5 nitrogen and oxygen atoms in total. The second-order valence-electron chi connectivity index (χ2n) is 6.18. The van der Waals surface area contributed by atoms with Crippen LogP contribution in [-0.4, -0.2) is 32.3 Å². The highest BCUT2D eigenvalue weighted by Crippen LogP contribution is 2.26. The fraction of sp³-hybridized carbons (Fsp3) is 0.300. The van der Waals surface area contributed by atoms with Gasteiger partial charge in [0.15, 0.2) is 0 Å². The molecule has 1 amide bonds. The Morgan fingerprint density at radius 2 is 1.88 bits per heavy atom. The Labute approximate surface area is 152 Å². The van der Waals surface area contributed by atoms with Crippen LogP contribution in [0.3, 0.4) is 0 Å². The van der Waals surface area contributed by atoms with E-state index in [9.17, 15) is 9.18 Å². The van der Waals surface area contributed by atoms with Gasteiger partial charge in [0.05, 0.1) is 13.3 Å². The van der Waals surface area contributed by atoms with Crippen LogP contribution in [0.4, 0.5) is 10.1 Å². The summed E-state index contributed by atoms with van der Waals surface area (Å²) >= 11 is 0. The molecule has 0 aliphatic carbocycles. The summed E-state index contributed by atoms with van der Waals surface area (Å²) in [6.45, 7) is 2.12. The molecule has 0 radical (unpaired) electrons. The lowest BCUT2D eigenvalue weighted by atomic mass is 10.1. The Morgan fingerprint density at radius 1 is 1.15 bits per heavy atom. The summed E-state index contributed by atoms with van der Waals surface area (Å²) in [6, 6.07) is 11.3. The number of amides is 1. The van der Waals surface area contributed by atoms with Crippen LogP contribution in [0.5, 0.6) is 5.75 Å². The lowest BCUT2D eigenvalue weighted by Gasteiger charge is -2.29. The smallest absolute Gasteiger partial charge is 0.271 e. The number of rotatable bonds is 5. The fourth-order valence-corrected chi connectivity index (χ4v) is 2.98. The number of hydrazone groups is 1. The van der Waals surface area contributed by atoms with Gasteiger partial charge in [-0.2, -0.15) is 5.10 Å². The van der Waals surface area contributed by atoms with Gasteiger partial charge in [-0.25, -0.2) is 9.82 Å². The van der Waals surface area contributed by atoms with Crippen molar-refractivity contribution in [3.8, 4) is 5.75 Å². The second-order valence-corrected chi connectivity index (χ2v) is 6.18. The molecule has 2 aromatic rings. The maximum absolute atomic E-state index is 12.9. The Kier molecular flexibility index (Phi) is 5.84. The Morgan fingerprint density at radius 3 is 2.58 bits per heavy atom. The number of halogens is 1. The zero-order valence-electron chi connectivity index (χ0n) is 14.7. The molecule has 1 aliphatic heterocycles. The second kappa shape index (κ2) is 8.47. The van der Waals surface area contributed by atoms with E-state index in [1.165, 1.54) is 43.5 Å². The molecule has 136 valence electrons. The molecule has 2 aromatic carbocycles. The minimum absolute atomic E-state index is 0.343. The van der Waals surface area contributed by atoms with Crippen molar-refractivity contribution >= 4 is 17.8 Å². The molecule has 1 N–H and O–H groups in total. The molecular weight excluding hydrogens is 333 g/mol. The topological polar surface area (TPSA) is 53.9 Å². The summed E-state index contributed by atoms with van der Waals surface area (Å²) in [4.78, 5) is 14.3. The number of benzene rings is 2. The van der Waals surface area contributed by atoms with Gasteiger partial charge in [-0.05, 0) is 55.7 Å². The van der Waals surface area contributed by atoms with E-state index in [1.54, 1.807) is 13.3 Å². The summed E-state index contributed by atoms with van der Waals surface area (Å²) < 4.78 is 18.4. The van der Waals surface area contributed by atoms with Crippen LogP contribution in [0.1, 0.15) is 35.2 Å². The van der Waals surface area contributed by atoms with Crippen LogP contribution in [0.2, 0.25) is 0 Å². The van der Waals surface area contributed by atoms with E-state index in [0.29, 0.717) is 11.3 Å². The molecule has 6 heteroatoms. The maximum atomic E-state index is 12.9. The third-order valence-corrected chi connectivity index (χ3v) is 4.41. The highest BCUT2D eigenvalue weighted by atomic mass is 19.1. The van der Waals surface area contributed by atoms with Crippen molar-refractivity contribution in [3.63, 3.8) is 0 Å². The van der Waals surface area contributed by atoms with Crippen LogP contribution in [0.15, 0.2) is 47.6 Å². The monoisotopic (exact) mass is 355 g/mol. The number of methoxy groups -OCH3 is 1. The van der Waals surface area contributed by atoms with E-state index in [-0.39, 0.29) is 5.82 Å². The predicted molar refractivity (Wildman–Crippen MR) is 101 cm³/mol. The van der Waals surface area contributed by atoms with Crippen LogP contribution < -0.4 is 15.1 Å². The third-order valence-electron chi connectivity index (χ3n) is 4.41. The number of anilines is 1. The van der Waals surface area contributed by atoms with Gasteiger partial charge in [-0.1, -0.05) is 0 Å². The van der Waals surface area contributed by atoms with Crippen LogP contribution in [-0.2, 0) is 0 Å². The zero-order chi connectivity index (χ0) is 18.4. The average Bonchev–Trinajstić information content (AvgIpc) is 2.69. The summed E-state index contributed by atoms with van der Waals surface area (Å²) in [5.41, 5.74) is 4.69. The highest BCUT2D eigenvalue weighted by molar-refractivity contribution is 5.95. The van der Waals surface area contributed by atoms with Gasteiger partial charge in [0.2, 0.25) is 0 Å². The predicted octanol–water partition coefficient (Wildman–Crippen LogP) is 3.59. The lowest BCUT2D eigenvalue weighted by molar-refractivity contribution is 0.0955. The van der Waals surface area contributed by atoms with Crippen molar-refractivity contribution in [3.05, 3.63) is 59.4 Å². The third kappa shape index (κ3) is 4.39. The van der Waals surface area contributed by atoms with Crippen molar-refractivity contribution in [2.24, 2.45) is 5.10 Å². The first-order valence-corrected chi connectivity index (χ1v) is 8.69. The largest absolute Gasteiger partial charge is 0.496 e. The molecule has 0 atom stereocenters. The van der Waals surface area contributed by atoms with Crippen LogP contribution >= 0.6 is 0 Å². The Bertz CT molecular complexity index is 784. The number of nitrogens with one attached hydrogen (secondary N) is 1. The maximum Gasteiger partial charge on any atom is 0.271 e. The van der Waals surface area contributed by atoms with Crippen molar-refractivity contribution in [2.75, 3.05) is 25.1 Å². The number of hydrogen-bond acceptors (Lipinski definition) is 4. The van der Waals surface area contributed by atoms with Gasteiger partial charge in [0, 0.05) is 36.0 Å². The number of carbonyl (C=O) groups is 1. The normalized spacial score (nSPS) is 14.5. The molecule has 0 saturated carbocycles. The molecule has 0 aromatic heterocycles. The first kappa shape index (κ1) is 17.9. The average molecular weight is 355 g/mol. The number of hydrogen-bond donors (Lipinski definition) is 1. The van der Waals surface area contributed by atoms with E-state index in [1.807, 2.05) is 18.2 Å². The van der Waals surface area contributed by atoms with Crippen molar-refractivity contribution in [1.29, 1.82) is 0 Å². The highest BCUT2D eigenvalue weighted by Gasteiger charge is 2.13. The molecule has 1 aliphatic rings. The molecule has 1 heterocycles. The molecule has 0 bridgehead atoms. The van der Waals surface area contributed by atoms with E-state index >= 15 is 0 Å². The zero-order valence-corrected chi connectivity index (χ0v) is 14.7.